The van der Waals surface area contributed by atoms with E-state index in [0.29, 0.717) is 0 Å². The summed E-state index contributed by atoms with van der Waals surface area (Å²) >= 11 is 1.69. The van der Waals surface area contributed by atoms with Gasteiger partial charge in [0.15, 0.2) is 0 Å². The van der Waals surface area contributed by atoms with E-state index < -0.39 is 0 Å². The summed E-state index contributed by atoms with van der Waals surface area (Å²) in [6.45, 7) is 2.83. The number of thiazole rings is 1. The Morgan fingerprint density at radius 3 is 2.82 bits per heavy atom. The van der Waals surface area contributed by atoms with Crippen LogP contribution in [0.15, 0.2) is 5.38 Å². The summed E-state index contributed by atoms with van der Waals surface area (Å²) < 4.78 is 0. The van der Waals surface area contributed by atoms with Crippen molar-refractivity contribution in [3.63, 3.8) is 0 Å². The molecule has 1 rings (SSSR count). The lowest BCUT2D eigenvalue weighted by atomic mass is 10.6. The smallest absolute Gasteiger partial charge is 0.108 e. The van der Waals surface area contributed by atoms with Crippen LogP contribution in [0.3, 0.4) is 0 Å². The molecule has 0 radical (unpaired) electrons. The van der Waals surface area contributed by atoms with Gasteiger partial charge in [0.1, 0.15) is 5.01 Å². The molecule has 0 fully saturated rings. The first-order valence-corrected chi connectivity index (χ1v) is 4.38. The Labute approximate surface area is 71.0 Å². The molecule has 0 bridgehead atoms. The van der Waals surface area contributed by atoms with Gasteiger partial charge >= 0.3 is 0 Å². The zero-order valence-electron chi connectivity index (χ0n) is 7.09. The number of hydrogen-bond acceptors (Lipinski definition) is 4. The summed E-state index contributed by atoms with van der Waals surface area (Å²) in [4.78, 5) is 4.31. The largest absolute Gasteiger partial charge is 0.250 e. The summed E-state index contributed by atoms with van der Waals surface area (Å²) in [6, 6.07) is 0. The minimum absolute atomic E-state index is 0.825. The average molecular weight is 171 g/mol. The van der Waals surface area contributed by atoms with E-state index in [2.05, 4.69) is 15.8 Å². The van der Waals surface area contributed by atoms with Crippen LogP contribution in [0.25, 0.3) is 0 Å². The molecule has 0 unspecified atom stereocenters. The molecule has 4 heteroatoms. The lowest BCUT2D eigenvalue weighted by Gasteiger charge is -2.09. The highest BCUT2D eigenvalue weighted by Gasteiger charge is 1.97. The van der Waals surface area contributed by atoms with Crippen molar-refractivity contribution in [1.29, 1.82) is 0 Å². The van der Waals surface area contributed by atoms with Gasteiger partial charge in [0.2, 0.25) is 0 Å². The van der Waals surface area contributed by atoms with E-state index in [1.165, 1.54) is 0 Å². The topological polar surface area (TPSA) is 28.2 Å². The van der Waals surface area contributed by atoms with E-state index in [0.717, 1.165) is 17.2 Å². The highest BCUT2D eigenvalue weighted by Crippen LogP contribution is 2.07. The number of aromatic nitrogens is 1. The first-order chi connectivity index (χ1) is 5.18. The van der Waals surface area contributed by atoms with Crippen molar-refractivity contribution in [2.75, 3.05) is 14.1 Å². The van der Waals surface area contributed by atoms with Crippen molar-refractivity contribution in [2.24, 2.45) is 0 Å². The molecule has 62 valence electrons. The van der Waals surface area contributed by atoms with Gasteiger partial charge in [0.05, 0.1) is 6.54 Å². The van der Waals surface area contributed by atoms with Crippen LogP contribution in [-0.2, 0) is 6.54 Å². The Hall–Kier alpha value is -0.450. The Balaban J connectivity index is 2.39. The van der Waals surface area contributed by atoms with Gasteiger partial charge in [0.25, 0.3) is 0 Å². The van der Waals surface area contributed by atoms with Crippen molar-refractivity contribution in [2.45, 2.75) is 13.5 Å². The maximum Gasteiger partial charge on any atom is 0.108 e. The van der Waals surface area contributed by atoms with Gasteiger partial charge in [-0.15, -0.1) is 11.3 Å². The lowest BCUT2D eigenvalue weighted by Crippen LogP contribution is -2.29. The second-order valence-electron chi connectivity index (χ2n) is 2.61. The van der Waals surface area contributed by atoms with Crippen LogP contribution >= 0.6 is 11.3 Å². The van der Waals surface area contributed by atoms with Crippen molar-refractivity contribution in [1.82, 2.24) is 15.4 Å². The zero-order valence-corrected chi connectivity index (χ0v) is 7.90. The van der Waals surface area contributed by atoms with E-state index in [1.807, 2.05) is 26.0 Å². The molecule has 0 aliphatic carbocycles. The van der Waals surface area contributed by atoms with Gasteiger partial charge in [-0.05, 0) is 6.92 Å². The number of nitrogens with zero attached hydrogens (tertiary/aromatic N) is 2. The fourth-order valence-electron chi connectivity index (χ4n) is 0.710. The van der Waals surface area contributed by atoms with Crippen LogP contribution in [0.2, 0.25) is 0 Å². The molecule has 1 aromatic rings. The third-order valence-corrected chi connectivity index (χ3v) is 2.18. The lowest BCUT2D eigenvalue weighted by molar-refractivity contribution is 0.285. The molecule has 0 amide bonds. The maximum atomic E-state index is 4.31. The molecule has 0 saturated carbocycles. The summed E-state index contributed by atoms with van der Waals surface area (Å²) in [5.74, 6) is 0. The van der Waals surface area contributed by atoms with Gasteiger partial charge < -0.3 is 0 Å². The van der Waals surface area contributed by atoms with E-state index in [4.69, 9.17) is 0 Å². The van der Waals surface area contributed by atoms with Crippen LogP contribution in [0, 0.1) is 6.92 Å². The van der Waals surface area contributed by atoms with Gasteiger partial charge in [-0.1, -0.05) is 0 Å². The standard InChI is InChI=1S/C7H13N3S/c1-6-5-11-7(9-6)4-8-10(2)3/h5,8H,4H2,1-3H3. The molecule has 1 aromatic heterocycles. The van der Waals surface area contributed by atoms with E-state index in [1.54, 1.807) is 11.3 Å². The summed E-state index contributed by atoms with van der Waals surface area (Å²) in [5.41, 5.74) is 4.26. The van der Waals surface area contributed by atoms with E-state index in [-0.39, 0.29) is 0 Å². The molecule has 0 aromatic carbocycles. The van der Waals surface area contributed by atoms with E-state index in [9.17, 15) is 0 Å². The molecular weight excluding hydrogens is 158 g/mol. The number of hydrazine groups is 1. The van der Waals surface area contributed by atoms with Crippen molar-refractivity contribution in [3.05, 3.63) is 16.1 Å². The molecule has 3 nitrogen and oxygen atoms in total. The fourth-order valence-corrected chi connectivity index (χ4v) is 1.41. The maximum absolute atomic E-state index is 4.31. The molecule has 1 N–H and O–H groups in total. The normalized spacial score (nSPS) is 10.9. The first kappa shape index (κ1) is 8.64. The molecule has 0 spiro atoms. The summed E-state index contributed by atoms with van der Waals surface area (Å²) in [6.07, 6.45) is 0. The van der Waals surface area contributed by atoms with Crippen molar-refractivity contribution >= 4 is 11.3 Å². The summed E-state index contributed by atoms with van der Waals surface area (Å²) in [5, 5.41) is 5.12. The predicted molar refractivity (Wildman–Crippen MR) is 47.4 cm³/mol. The van der Waals surface area contributed by atoms with Gasteiger partial charge in [-0.25, -0.2) is 10.4 Å². The average Bonchev–Trinajstić information content (AvgIpc) is 2.31. The third-order valence-electron chi connectivity index (χ3n) is 1.21. The molecular formula is C7H13N3S. The highest BCUT2D eigenvalue weighted by atomic mass is 32.1. The Bertz CT molecular complexity index is 219. The molecule has 0 aliphatic rings. The number of aryl methyl sites for hydroxylation is 1. The molecule has 0 atom stereocenters. The monoisotopic (exact) mass is 171 g/mol. The second-order valence-corrected chi connectivity index (χ2v) is 3.55. The molecule has 0 saturated heterocycles. The highest BCUT2D eigenvalue weighted by molar-refractivity contribution is 7.09. The summed E-state index contributed by atoms with van der Waals surface area (Å²) in [7, 11) is 3.95. The van der Waals surface area contributed by atoms with Crippen LogP contribution in [0.4, 0.5) is 0 Å². The Morgan fingerprint density at radius 2 is 2.36 bits per heavy atom. The Kier molecular flexibility index (Phi) is 2.99. The zero-order chi connectivity index (χ0) is 8.27. The number of nitrogens with one attached hydrogen (secondary N) is 1. The van der Waals surface area contributed by atoms with Crippen molar-refractivity contribution in [3.8, 4) is 0 Å². The Morgan fingerprint density at radius 1 is 1.64 bits per heavy atom. The first-order valence-electron chi connectivity index (χ1n) is 3.50. The number of rotatable bonds is 3. The molecule has 0 aliphatic heterocycles. The number of hydrogen-bond donors (Lipinski definition) is 1. The van der Waals surface area contributed by atoms with Crippen LogP contribution in [0.1, 0.15) is 10.7 Å². The van der Waals surface area contributed by atoms with Crippen LogP contribution < -0.4 is 5.43 Å². The molecule has 11 heavy (non-hydrogen) atoms. The SMILES string of the molecule is Cc1csc(CNN(C)C)n1. The minimum Gasteiger partial charge on any atom is -0.250 e. The van der Waals surface area contributed by atoms with Crippen LogP contribution in [-0.4, -0.2) is 24.1 Å². The second kappa shape index (κ2) is 3.80. The van der Waals surface area contributed by atoms with Gasteiger partial charge in [-0.2, -0.15) is 0 Å². The molecule has 1 heterocycles. The predicted octanol–water partition coefficient (Wildman–Crippen LogP) is 1.02. The van der Waals surface area contributed by atoms with Crippen LogP contribution in [0.5, 0.6) is 0 Å². The van der Waals surface area contributed by atoms with E-state index >= 15 is 0 Å². The quantitative estimate of drug-likeness (QED) is 0.688. The fraction of sp³-hybridized carbons (Fsp3) is 0.571. The van der Waals surface area contributed by atoms with Gasteiger partial charge in [-0.3, -0.25) is 5.01 Å². The minimum atomic E-state index is 0.825. The van der Waals surface area contributed by atoms with Crippen molar-refractivity contribution < 1.29 is 0 Å². The van der Waals surface area contributed by atoms with Gasteiger partial charge in [0, 0.05) is 25.2 Å². The third kappa shape index (κ3) is 2.96.